The van der Waals surface area contributed by atoms with E-state index in [1.807, 2.05) is 13.8 Å². The lowest BCUT2D eigenvalue weighted by Gasteiger charge is -2.23. The van der Waals surface area contributed by atoms with Gasteiger partial charge in [0.1, 0.15) is 11.9 Å². The summed E-state index contributed by atoms with van der Waals surface area (Å²) in [4.78, 5) is 28.2. The van der Waals surface area contributed by atoms with Gasteiger partial charge in [-0.2, -0.15) is 0 Å². The first-order chi connectivity index (χ1) is 9.94. The number of hydrazine groups is 1. The van der Waals surface area contributed by atoms with Crippen LogP contribution in [0.3, 0.4) is 0 Å². The molecule has 1 rings (SSSR count). The summed E-state index contributed by atoms with van der Waals surface area (Å²) in [6, 6.07) is 2.03. The van der Waals surface area contributed by atoms with E-state index in [0.717, 1.165) is 0 Å². The standard InChI is InChI=1S/C12H20N6O3/c1-4-17(5-2)12(19)8(3)14-11-9(18(20)21)6-7-10(15-11)16-13/h6-8H,4-5,13H2,1-3H3,(H2,14,15,16). The molecule has 0 aliphatic heterocycles. The van der Waals surface area contributed by atoms with Crippen LogP contribution in [-0.2, 0) is 4.79 Å². The molecule has 116 valence electrons. The van der Waals surface area contributed by atoms with Gasteiger partial charge < -0.3 is 15.6 Å². The van der Waals surface area contributed by atoms with E-state index in [0.29, 0.717) is 13.1 Å². The Labute approximate surface area is 122 Å². The molecule has 0 spiro atoms. The molecule has 21 heavy (non-hydrogen) atoms. The third-order valence-corrected chi connectivity index (χ3v) is 3.02. The summed E-state index contributed by atoms with van der Waals surface area (Å²) in [5.74, 6) is 5.36. The molecule has 0 radical (unpaired) electrons. The number of likely N-dealkylation sites (N-methyl/N-ethyl adjacent to an activating group) is 1. The molecule has 1 heterocycles. The quantitative estimate of drug-likeness (QED) is 0.388. The zero-order valence-corrected chi connectivity index (χ0v) is 12.3. The van der Waals surface area contributed by atoms with Crippen molar-refractivity contribution in [3.8, 4) is 0 Å². The Morgan fingerprint density at radius 2 is 2.10 bits per heavy atom. The molecule has 1 atom stereocenters. The highest BCUT2D eigenvalue weighted by Gasteiger charge is 2.23. The first-order valence-corrected chi connectivity index (χ1v) is 6.61. The van der Waals surface area contributed by atoms with E-state index < -0.39 is 11.0 Å². The van der Waals surface area contributed by atoms with E-state index in [2.05, 4.69) is 15.7 Å². The third-order valence-electron chi connectivity index (χ3n) is 3.02. The maximum atomic E-state index is 12.2. The van der Waals surface area contributed by atoms with E-state index in [1.54, 1.807) is 11.8 Å². The zero-order valence-electron chi connectivity index (χ0n) is 12.3. The van der Waals surface area contributed by atoms with E-state index >= 15 is 0 Å². The van der Waals surface area contributed by atoms with Crippen LogP contribution < -0.4 is 16.6 Å². The van der Waals surface area contributed by atoms with Gasteiger partial charge in [0.2, 0.25) is 11.7 Å². The van der Waals surface area contributed by atoms with Crippen LogP contribution in [-0.4, -0.2) is 39.8 Å². The van der Waals surface area contributed by atoms with E-state index in [9.17, 15) is 14.9 Å². The molecule has 0 bridgehead atoms. The lowest BCUT2D eigenvalue weighted by Crippen LogP contribution is -2.41. The van der Waals surface area contributed by atoms with Crippen LogP contribution in [0.5, 0.6) is 0 Å². The van der Waals surface area contributed by atoms with Crippen LogP contribution in [0.15, 0.2) is 12.1 Å². The number of nitrogens with one attached hydrogen (secondary N) is 2. The summed E-state index contributed by atoms with van der Waals surface area (Å²) in [6.07, 6.45) is 0. The number of nitrogen functional groups attached to an aromatic ring is 1. The van der Waals surface area contributed by atoms with Gasteiger partial charge in [0.15, 0.2) is 0 Å². The Kier molecular flexibility index (Phi) is 5.85. The van der Waals surface area contributed by atoms with Gasteiger partial charge in [0.25, 0.3) is 0 Å². The van der Waals surface area contributed by atoms with Crippen LogP contribution in [0.2, 0.25) is 0 Å². The second-order valence-corrected chi connectivity index (χ2v) is 4.34. The molecule has 1 amide bonds. The summed E-state index contributed by atoms with van der Waals surface area (Å²) in [5, 5.41) is 13.8. The summed E-state index contributed by atoms with van der Waals surface area (Å²) < 4.78 is 0. The Balaban J connectivity index is 3.00. The highest BCUT2D eigenvalue weighted by Crippen LogP contribution is 2.24. The number of aromatic nitrogens is 1. The number of hydrogen-bond acceptors (Lipinski definition) is 7. The van der Waals surface area contributed by atoms with Crippen molar-refractivity contribution in [2.24, 2.45) is 5.84 Å². The van der Waals surface area contributed by atoms with Crippen LogP contribution in [0.4, 0.5) is 17.3 Å². The molecule has 0 aliphatic carbocycles. The lowest BCUT2D eigenvalue weighted by atomic mass is 10.2. The van der Waals surface area contributed by atoms with Crippen LogP contribution in [0.25, 0.3) is 0 Å². The van der Waals surface area contributed by atoms with Gasteiger partial charge in [-0.15, -0.1) is 0 Å². The van der Waals surface area contributed by atoms with Crippen molar-refractivity contribution in [3.05, 3.63) is 22.2 Å². The molecule has 4 N–H and O–H groups in total. The van der Waals surface area contributed by atoms with Gasteiger partial charge in [-0.25, -0.2) is 10.8 Å². The van der Waals surface area contributed by atoms with Crippen LogP contribution in [0, 0.1) is 10.1 Å². The molecular weight excluding hydrogens is 276 g/mol. The summed E-state index contributed by atoms with van der Waals surface area (Å²) in [7, 11) is 0. The number of nitrogens with zero attached hydrogens (tertiary/aromatic N) is 3. The lowest BCUT2D eigenvalue weighted by molar-refractivity contribution is -0.384. The van der Waals surface area contributed by atoms with Crippen molar-refractivity contribution in [1.29, 1.82) is 0 Å². The number of hydrogen-bond donors (Lipinski definition) is 3. The molecule has 1 aromatic heterocycles. The predicted octanol–water partition coefficient (Wildman–Crippen LogP) is 0.944. The number of pyridine rings is 1. The van der Waals surface area contributed by atoms with Crippen LogP contribution >= 0.6 is 0 Å². The van der Waals surface area contributed by atoms with E-state index in [4.69, 9.17) is 5.84 Å². The minimum absolute atomic E-state index is 0.00320. The number of rotatable bonds is 7. The number of anilines is 2. The molecule has 0 fully saturated rings. The third kappa shape index (κ3) is 4.02. The maximum Gasteiger partial charge on any atom is 0.311 e. The fraction of sp³-hybridized carbons (Fsp3) is 0.500. The largest absolute Gasteiger partial charge is 0.353 e. The molecule has 1 aromatic rings. The van der Waals surface area contributed by atoms with Crippen molar-refractivity contribution in [1.82, 2.24) is 9.88 Å². The Hall–Kier alpha value is -2.42. The summed E-state index contributed by atoms with van der Waals surface area (Å²) in [6.45, 7) is 6.51. The highest BCUT2D eigenvalue weighted by molar-refractivity contribution is 5.84. The van der Waals surface area contributed by atoms with Gasteiger partial charge >= 0.3 is 5.69 Å². The predicted molar refractivity (Wildman–Crippen MR) is 79.7 cm³/mol. The van der Waals surface area contributed by atoms with Crippen molar-refractivity contribution in [2.45, 2.75) is 26.8 Å². The van der Waals surface area contributed by atoms with E-state index in [1.165, 1.54) is 12.1 Å². The Bertz CT molecular complexity index is 518. The number of nitrogens with two attached hydrogens (primary N) is 1. The first kappa shape index (κ1) is 16.6. The van der Waals surface area contributed by atoms with Crippen LogP contribution in [0.1, 0.15) is 20.8 Å². The van der Waals surface area contributed by atoms with Crippen molar-refractivity contribution in [3.63, 3.8) is 0 Å². The summed E-state index contributed by atoms with van der Waals surface area (Å²) in [5.41, 5.74) is 2.10. The topological polar surface area (TPSA) is 126 Å². The van der Waals surface area contributed by atoms with Crippen molar-refractivity contribution < 1.29 is 9.72 Å². The van der Waals surface area contributed by atoms with Gasteiger partial charge in [0.05, 0.1) is 4.92 Å². The minimum atomic E-state index is -0.635. The molecular formula is C12H20N6O3. The van der Waals surface area contributed by atoms with Gasteiger partial charge in [-0.05, 0) is 26.8 Å². The second-order valence-electron chi connectivity index (χ2n) is 4.34. The van der Waals surface area contributed by atoms with Crippen molar-refractivity contribution >= 4 is 23.2 Å². The number of nitro groups is 1. The normalized spacial score (nSPS) is 11.6. The molecule has 9 heteroatoms. The summed E-state index contributed by atoms with van der Waals surface area (Å²) >= 11 is 0. The SMILES string of the molecule is CCN(CC)C(=O)C(C)Nc1nc(NN)ccc1[N+](=O)[O-]. The molecule has 0 saturated heterocycles. The Morgan fingerprint density at radius 1 is 1.48 bits per heavy atom. The van der Waals surface area contributed by atoms with Crippen molar-refractivity contribution in [2.75, 3.05) is 23.8 Å². The highest BCUT2D eigenvalue weighted by atomic mass is 16.6. The van der Waals surface area contributed by atoms with Gasteiger partial charge in [0, 0.05) is 19.2 Å². The fourth-order valence-corrected chi connectivity index (χ4v) is 1.86. The number of amides is 1. The molecule has 0 aromatic carbocycles. The second kappa shape index (κ2) is 7.39. The molecule has 9 nitrogen and oxygen atoms in total. The first-order valence-electron chi connectivity index (χ1n) is 6.61. The number of carbonyl (C=O) groups excluding carboxylic acids is 1. The molecule has 0 aliphatic rings. The smallest absolute Gasteiger partial charge is 0.311 e. The van der Waals surface area contributed by atoms with Gasteiger partial charge in [-0.3, -0.25) is 14.9 Å². The van der Waals surface area contributed by atoms with Gasteiger partial charge in [-0.1, -0.05) is 0 Å². The monoisotopic (exact) mass is 296 g/mol. The maximum absolute atomic E-state index is 12.2. The molecule has 1 unspecified atom stereocenters. The zero-order chi connectivity index (χ0) is 16.0. The van der Waals surface area contributed by atoms with E-state index in [-0.39, 0.29) is 23.2 Å². The fourth-order valence-electron chi connectivity index (χ4n) is 1.86. The minimum Gasteiger partial charge on any atom is -0.353 e. The Morgan fingerprint density at radius 3 is 2.57 bits per heavy atom. The number of carbonyl (C=O) groups is 1. The molecule has 0 saturated carbocycles. The average Bonchev–Trinajstić information content (AvgIpc) is 2.47. The average molecular weight is 296 g/mol.